The second kappa shape index (κ2) is 10.3. The molecule has 0 aromatic heterocycles. The monoisotopic (exact) mass is 358 g/mol. The summed E-state index contributed by atoms with van der Waals surface area (Å²) in [6, 6.07) is 9.67. The van der Waals surface area contributed by atoms with Crippen molar-refractivity contribution in [2.45, 2.75) is 65.3 Å². The molecule has 1 aliphatic carbocycles. The van der Waals surface area contributed by atoms with Gasteiger partial charge in [0.1, 0.15) is 6.04 Å². The van der Waals surface area contributed by atoms with Gasteiger partial charge in [-0.1, -0.05) is 57.5 Å². The zero-order valence-corrected chi connectivity index (χ0v) is 16.5. The molecular formula is C22H34N2O2. The summed E-state index contributed by atoms with van der Waals surface area (Å²) in [5, 5.41) is 6.06. The highest BCUT2D eigenvalue weighted by Crippen LogP contribution is 2.28. The normalized spacial score (nSPS) is 22.3. The van der Waals surface area contributed by atoms with Gasteiger partial charge in [-0.15, -0.1) is 0 Å². The first-order valence-corrected chi connectivity index (χ1v) is 10.1. The van der Waals surface area contributed by atoms with Crippen molar-refractivity contribution in [3.8, 4) is 0 Å². The summed E-state index contributed by atoms with van der Waals surface area (Å²) in [5.74, 6) is 0.895. The molecule has 1 fully saturated rings. The molecule has 4 heteroatoms. The van der Waals surface area contributed by atoms with E-state index in [9.17, 15) is 9.59 Å². The Morgan fingerprint density at radius 1 is 1.12 bits per heavy atom. The number of benzene rings is 1. The molecule has 0 unspecified atom stereocenters. The van der Waals surface area contributed by atoms with Crippen molar-refractivity contribution in [1.29, 1.82) is 0 Å². The standard InChI is InChI=1S/C22H34N2O2/c1-4-17(3)20(24-21(25)19-12-10-16(2)11-13-19)22(26)23-15-14-18-8-6-5-7-9-18/h5-9,16-17,19-20H,4,10-15H2,1-3H3,(H,23,26)(H,24,25)/t16?,17-,19?,20-/m0/s1. The van der Waals surface area contributed by atoms with Crippen LogP contribution in [0.3, 0.4) is 0 Å². The van der Waals surface area contributed by atoms with Crippen LogP contribution in [-0.2, 0) is 16.0 Å². The van der Waals surface area contributed by atoms with E-state index in [4.69, 9.17) is 0 Å². The SMILES string of the molecule is CC[C@H](C)[C@H](NC(=O)C1CCC(C)CC1)C(=O)NCCc1ccccc1. The Morgan fingerprint density at radius 3 is 2.38 bits per heavy atom. The Kier molecular flexibility index (Phi) is 8.14. The van der Waals surface area contributed by atoms with Crippen LogP contribution < -0.4 is 10.6 Å². The van der Waals surface area contributed by atoms with E-state index >= 15 is 0 Å². The maximum Gasteiger partial charge on any atom is 0.242 e. The molecule has 0 radical (unpaired) electrons. The first-order valence-electron chi connectivity index (χ1n) is 10.1. The molecule has 0 spiro atoms. The molecule has 0 aliphatic heterocycles. The van der Waals surface area contributed by atoms with Crippen molar-refractivity contribution in [1.82, 2.24) is 10.6 Å². The van der Waals surface area contributed by atoms with Gasteiger partial charge in [0.05, 0.1) is 0 Å². The molecule has 2 N–H and O–H groups in total. The largest absolute Gasteiger partial charge is 0.354 e. The molecule has 2 atom stereocenters. The van der Waals surface area contributed by atoms with Crippen molar-refractivity contribution in [2.24, 2.45) is 17.8 Å². The molecule has 1 aliphatic rings. The van der Waals surface area contributed by atoms with E-state index in [1.807, 2.05) is 25.1 Å². The van der Waals surface area contributed by atoms with Gasteiger partial charge in [-0.2, -0.15) is 0 Å². The summed E-state index contributed by atoms with van der Waals surface area (Å²) in [5.41, 5.74) is 1.20. The molecule has 144 valence electrons. The van der Waals surface area contributed by atoms with Gasteiger partial charge in [-0.3, -0.25) is 9.59 Å². The highest BCUT2D eigenvalue weighted by atomic mass is 16.2. The van der Waals surface area contributed by atoms with Crippen LogP contribution in [0.15, 0.2) is 30.3 Å². The van der Waals surface area contributed by atoms with E-state index in [1.54, 1.807) is 0 Å². The lowest BCUT2D eigenvalue weighted by molar-refractivity contribution is -0.133. The Hall–Kier alpha value is -1.84. The van der Waals surface area contributed by atoms with Crippen LogP contribution in [0.4, 0.5) is 0 Å². The molecule has 0 saturated heterocycles. The molecular weight excluding hydrogens is 324 g/mol. The molecule has 1 aromatic carbocycles. The van der Waals surface area contributed by atoms with E-state index < -0.39 is 6.04 Å². The van der Waals surface area contributed by atoms with Crippen molar-refractivity contribution in [2.75, 3.05) is 6.54 Å². The topological polar surface area (TPSA) is 58.2 Å². The Bertz CT molecular complexity index is 565. The molecule has 2 amide bonds. The van der Waals surface area contributed by atoms with E-state index in [-0.39, 0.29) is 23.7 Å². The van der Waals surface area contributed by atoms with Crippen molar-refractivity contribution < 1.29 is 9.59 Å². The van der Waals surface area contributed by atoms with Crippen molar-refractivity contribution >= 4 is 11.8 Å². The van der Waals surface area contributed by atoms with Crippen LogP contribution in [0.5, 0.6) is 0 Å². The van der Waals surface area contributed by atoms with Gasteiger partial charge < -0.3 is 10.6 Å². The molecule has 0 bridgehead atoms. The van der Waals surface area contributed by atoms with Gasteiger partial charge in [0.25, 0.3) is 0 Å². The van der Waals surface area contributed by atoms with Crippen molar-refractivity contribution in [3.05, 3.63) is 35.9 Å². The lowest BCUT2D eigenvalue weighted by atomic mass is 9.82. The molecule has 26 heavy (non-hydrogen) atoms. The summed E-state index contributed by atoms with van der Waals surface area (Å²) >= 11 is 0. The third-order valence-electron chi connectivity index (χ3n) is 5.74. The summed E-state index contributed by atoms with van der Waals surface area (Å²) < 4.78 is 0. The molecule has 1 aromatic rings. The zero-order valence-electron chi connectivity index (χ0n) is 16.5. The fourth-order valence-corrected chi connectivity index (χ4v) is 3.58. The second-order valence-corrected chi connectivity index (χ2v) is 7.86. The number of amides is 2. The van der Waals surface area contributed by atoms with Gasteiger partial charge in [0, 0.05) is 12.5 Å². The summed E-state index contributed by atoms with van der Waals surface area (Å²) in [7, 11) is 0. The highest BCUT2D eigenvalue weighted by Gasteiger charge is 2.30. The van der Waals surface area contributed by atoms with Crippen molar-refractivity contribution in [3.63, 3.8) is 0 Å². The number of carbonyl (C=O) groups excluding carboxylic acids is 2. The fraction of sp³-hybridized carbons (Fsp3) is 0.636. The van der Waals surface area contributed by atoms with Gasteiger partial charge >= 0.3 is 0 Å². The Morgan fingerprint density at radius 2 is 1.77 bits per heavy atom. The quantitative estimate of drug-likeness (QED) is 0.744. The third kappa shape index (κ3) is 6.15. The number of hydrogen-bond acceptors (Lipinski definition) is 2. The smallest absolute Gasteiger partial charge is 0.242 e. The van der Waals surface area contributed by atoms with Crippen LogP contribution in [0.25, 0.3) is 0 Å². The Labute approximate surface area is 158 Å². The molecule has 1 saturated carbocycles. The predicted octanol–water partition coefficient (Wildman–Crippen LogP) is 3.70. The fourth-order valence-electron chi connectivity index (χ4n) is 3.58. The predicted molar refractivity (Wildman–Crippen MR) is 106 cm³/mol. The first-order chi connectivity index (χ1) is 12.5. The van der Waals surface area contributed by atoms with Crippen LogP contribution in [0.2, 0.25) is 0 Å². The maximum atomic E-state index is 12.7. The summed E-state index contributed by atoms with van der Waals surface area (Å²) in [6.45, 7) is 6.93. The average molecular weight is 359 g/mol. The lowest BCUT2D eigenvalue weighted by Crippen LogP contribution is -2.52. The van der Waals surface area contributed by atoms with Crippen LogP contribution in [0, 0.1) is 17.8 Å². The summed E-state index contributed by atoms with van der Waals surface area (Å²) in [4.78, 5) is 25.3. The minimum Gasteiger partial charge on any atom is -0.354 e. The Balaban J connectivity index is 1.86. The van der Waals surface area contributed by atoms with Gasteiger partial charge in [-0.25, -0.2) is 0 Å². The number of hydrogen-bond donors (Lipinski definition) is 2. The first kappa shape index (κ1) is 20.5. The molecule has 0 heterocycles. The van der Waals surface area contributed by atoms with Crippen LogP contribution in [0.1, 0.15) is 58.4 Å². The van der Waals surface area contributed by atoms with Gasteiger partial charge in [0.2, 0.25) is 11.8 Å². The van der Waals surface area contributed by atoms with E-state index in [2.05, 4.69) is 36.6 Å². The zero-order chi connectivity index (χ0) is 18.9. The highest BCUT2D eigenvalue weighted by molar-refractivity contribution is 5.88. The van der Waals surface area contributed by atoms with Crippen LogP contribution in [-0.4, -0.2) is 24.4 Å². The minimum atomic E-state index is -0.442. The lowest BCUT2D eigenvalue weighted by Gasteiger charge is -2.29. The van der Waals surface area contributed by atoms with Gasteiger partial charge in [-0.05, 0) is 49.5 Å². The second-order valence-electron chi connectivity index (χ2n) is 7.86. The number of carbonyl (C=O) groups is 2. The van der Waals surface area contributed by atoms with E-state index in [0.717, 1.165) is 38.5 Å². The number of rotatable bonds is 8. The van der Waals surface area contributed by atoms with Crippen LogP contribution >= 0.6 is 0 Å². The van der Waals surface area contributed by atoms with E-state index in [0.29, 0.717) is 12.5 Å². The van der Waals surface area contributed by atoms with Gasteiger partial charge in [0.15, 0.2) is 0 Å². The molecule has 4 nitrogen and oxygen atoms in total. The summed E-state index contributed by atoms with van der Waals surface area (Å²) in [6.07, 6.45) is 5.75. The average Bonchev–Trinajstić information content (AvgIpc) is 2.66. The molecule has 2 rings (SSSR count). The van der Waals surface area contributed by atoms with E-state index in [1.165, 1.54) is 5.56 Å². The third-order valence-corrected chi connectivity index (χ3v) is 5.74. The number of nitrogens with one attached hydrogen (secondary N) is 2. The maximum absolute atomic E-state index is 12.7. The minimum absolute atomic E-state index is 0.0559.